The van der Waals surface area contributed by atoms with Crippen LogP contribution in [0, 0.1) is 13.8 Å². The van der Waals surface area contributed by atoms with Gasteiger partial charge in [0.2, 0.25) is 15.9 Å². The molecule has 0 saturated carbocycles. The van der Waals surface area contributed by atoms with Gasteiger partial charge in [-0.15, -0.1) is 0 Å². The van der Waals surface area contributed by atoms with E-state index in [1.165, 1.54) is 17.1 Å². The highest BCUT2D eigenvalue weighted by molar-refractivity contribution is 7.92. The van der Waals surface area contributed by atoms with Crippen LogP contribution in [0.1, 0.15) is 37.3 Å². The number of amides is 1. The van der Waals surface area contributed by atoms with Crippen LogP contribution in [0.15, 0.2) is 18.2 Å². The van der Waals surface area contributed by atoms with E-state index in [1.54, 1.807) is 19.1 Å². The minimum absolute atomic E-state index is 0.268. The van der Waals surface area contributed by atoms with E-state index < -0.39 is 16.1 Å². The number of benzene rings is 1. The zero-order valence-electron chi connectivity index (χ0n) is 16.3. The molecule has 1 amide bonds. The molecule has 26 heavy (non-hydrogen) atoms. The number of hydrogen-bond donors (Lipinski definition) is 1. The molecule has 2 rings (SSSR count). The maximum Gasteiger partial charge on any atom is 0.243 e. The van der Waals surface area contributed by atoms with E-state index in [9.17, 15) is 13.2 Å². The molecule has 0 aromatic heterocycles. The molecule has 146 valence electrons. The number of carbonyl (C=O) groups excluding carboxylic acids is 1. The van der Waals surface area contributed by atoms with Crippen molar-refractivity contribution in [3.63, 3.8) is 0 Å². The summed E-state index contributed by atoms with van der Waals surface area (Å²) in [6.45, 7) is 9.28. The van der Waals surface area contributed by atoms with Crippen molar-refractivity contribution in [1.29, 1.82) is 0 Å². The summed E-state index contributed by atoms with van der Waals surface area (Å²) in [5.41, 5.74) is 2.46. The van der Waals surface area contributed by atoms with Crippen LogP contribution in [0.25, 0.3) is 0 Å². The van der Waals surface area contributed by atoms with Gasteiger partial charge in [0.15, 0.2) is 0 Å². The second-order valence-electron chi connectivity index (χ2n) is 7.27. The van der Waals surface area contributed by atoms with Crippen LogP contribution in [-0.4, -0.2) is 57.7 Å². The molecular formula is C19H31N3O3S. The Bertz CT molecular complexity index is 707. The van der Waals surface area contributed by atoms with Crippen LogP contribution in [0.5, 0.6) is 0 Å². The summed E-state index contributed by atoms with van der Waals surface area (Å²) in [4.78, 5) is 14.9. The largest absolute Gasteiger partial charge is 0.354 e. The Morgan fingerprint density at radius 2 is 1.77 bits per heavy atom. The van der Waals surface area contributed by atoms with E-state index in [0.717, 1.165) is 43.4 Å². The number of sulfonamides is 1. The lowest BCUT2D eigenvalue weighted by Crippen LogP contribution is -2.48. The number of rotatable bonds is 8. The van der Waals surface area contributed by atoms with Crippen LogP contribution in [0.4, 0.5) is 5.69 Å². The fourth-order valence-corrected chi connectivity index (χ4v) is 4.71. The molecule has 1 N–H and O–H groups in total. The topological polar surface area (TPSA) is 69.7 Å². The summed E-state index contributed by atoms with van der Waals surface area (Å²) >= 11 is 0. The minimum Gasteiger partial charge on any atom is -0.354 e. The fraction of sp³-hybridized carbons (Fsp3) is 0.632. The first-order valence-corrected chi connectivity index (χ1v) is 11.1. The van der Waals surface area contributed by atoms with Crippen LogP contribution in [-0.2, 0) is 14.8 Å². The van der Waals surface area contributed by atoms with Gasteiger partial charge in [-0.1, -0.05) is 6.07 Å². The Hall–Kier alpha value is -1.60. The van der Waals surface area contributed by atoms with Gasteiger partial charge >= 0.3 is 0 Å². The highest BCUT2D eigenvalue weighted by atomic mass is 32.2. The maximum absolute atomic E-state index is 12.5. The zero-order valence-corrected chi connectivity index (χ0v) is 17.1. The number of nitrogens with zero attached hydrogens (tertiary/aromatic N) is 2. The van der Waals surface area contributed by atoms with E-state index in [1.807, 2.05) is 19.9 Å². The van der Waals surface area contributed by atoms with E-state index in [2.05, 4.69) is 10.2 Å². The molecule has 7 heteroatoms. The van der Waals surface area contributed by atoms with Gasteiger partial charge < -0.3 is 10.2 Å². The first-order valence-electron chi connectivity index (χ1n) is 9.26. The standard InChI is InChI=1S/C19H31N3O3S/c1-15-12-16(2)14-18(13-15)22(26(4,24)25)17(3)19(23)20-8-7-11-21-9-5-6-10-21/h12-14,17H,5-11H2,1-4H3,(H,20,23). The third-order valence-corrected chi connectivity index (χ3v) is 5.94. The average Bonchev–Trinajstić information content (AvgIpc) is 3.02. The molecule has 1 heterocycles. The lowest BCUT2D eigenvalue weighted by atomic mass is 10.1. The van der Waals surface area contributed by atoms with Crippen molar-refractivity contribution in [2.75, 3.05) is 36.7 Å². The number of nitrogens with one attached hydrogen (secondary N) is 1. The van der Waals surface area contributed by atoms with Gasteiger partial charge in [0.1, 0.15) is 6.04 Å². The van der Waals surface area contributed by atoms with Gasteiger partial charge in [-0.3, -0.25) is 9.10 Å². The normalized spacial score (nSPS) is 16.5. The van der Waals surface area contributed by atoms with Gasteiger partial charge in [0.05, 0.1) is 11.9 Å². The minimum atomic E-state index is -3.58. The molecule has 0 spiro atoms. The molecule has 0 bridgehead atoms. The van der Waals surface area contributed by atoms with Gasteiger partial charge in [0.25, 0.3) is 0 Å². The quantitative estimate of drug-likeness (QED) is 0.700. The Kier molecular flexibility index (Phi) is 7.06. The van der Waals surface area contributed by atoms with Crippen LogP contribution >= 0.6 is 0 Å². The smallest absolute Gasteiger partial charge is 0.243 e. The number of hydrogen-bond acceptors (Lipinski definition) is 4. The number of likely N-dealkylation sites (tertiary alicyclic amines) is 1. The fourth-order valence-electron chi connectivity index (χ4n) is 3.55. The third-order valence-electron chi connectivity index (χ3n) is 4.70. The van der Waals surface area contributed by atoms with Gasteiger partial charge in [-0.05, 0) is 82.9 Å². The predicted molar refractivity (Wildman–Crippen MR) is 106 cm³/mol. The number of aryl methyl sites for hydroxylation is 2. The molecule has 0 aliphatic carbocycles. The summed E-state index contributed by atoms with van der Waals surface area (Å²) in [7, 11) is -3.58. The molecule has 1 unspecified atom stereocenters. The van der Waals surface area contributed by atoms with Gasteiger partial charge in [0, 0.05) is 6.54 Å². The molecule has 1 aromatic carbocycles. The summed E-state index contributed by atoms with van der Waals surface area (Å²) < 4.78 is 25.9. The predicted octanol–water partition coefficient (Wildman–Crippen LogP) is 2.06. The molecule has 6 nitrogen and oxygen atoms in total. The van der Waals surface area contributed by atoms with Crippen molar-refractivity contribution in [2.45, 2.75) is 46.1 Å². The van der Waals surface area contributed by atoms with Crippen LogP contribution in [0.3, 0.4) is 0 Å². The maximum atomic E-state index is 12.5. The molecule has 1 aromatic rings. The summed E-state index contributed by atoms with van der Waals surface area (Å²) in [5, 5.41) is 2.89. The third kappa shape index (κ3) is 5.71. The van der Waals surface area contributed by atoms with Gasteiger partial charge in [-0.25, -0.2) is 8.42 Å². The van der Waals surface area contributed by atoms with E-state index in [4.69, 9.17) is 0 Å². The Morgan fingerprint density at radius 3 is 2.31 bits per heavy atom. The number of anilines is 1. The Balaban J connectivity index is 2.01. The highest BCUT2D eigenvalue weighted by Gasteiger charge is 2.29. The second-order valence-corrected chi connectivity index (χ2v) is 9.13. The molecule has 1 aliphatic heterocycles. The summed E-state index contributed by atoms with van der Waals surface area (Å²) in [5.74, 6) is -0.268. The van der Waals surface area contributed by atoms with E-state index in [-0.39, 0.29) is 5.91 Å². The van der Waals surface area contributed by atoms with Crippen LogP contribution in [0.2, 0.25) is 0 Å². The van der Waals surface area contributed by atoms with E-state index >= 15 is 0 Å². The van der Waals surface area contributed by atoms with Crippen molar-refractivity contribution in [3.8, 4) is 0 Å². The summed E-state index contributed by atoms with van der Waals surface area (Å²) in [6, 6.07) is 4.78. The Labute approximate surface area is 157 Å². The van der Waals surface area contributed by atoms with Crippen molar-refractivity contribution in [1.82, 2.24) is 10.2 Å². The molecule has 0 radical (unpaired) electrons. The first kappa shape index (κ1) is 20.7. The SMILES string of the molecule is Cc1cc(C)cc(N(C(C)C(=O)NCCCN2CCCC2)S(C)(=O)=O)c1. The van der Waals surface area contributed by atoms with Crippen LogP contribution < -0.4 is 9.62 Å². The lowest BCUT2D eigenvalue weighted by Gasteiger charge is -2.29. The summed E-state index contributed by atoms with van der Waals surface area (Å²) in [6.07, 6.45) is 4.52. The first-order chi connectivity index (χ1) is 12.2. The van der Waals surface area contributed by atoms with Crippen molar-refractivity contribution in [2.24, 2.45) is 0 Å². The van der Waals surface area contributed by atoms with Crippen molar-refractivity contribution < 1.29 is 13.2 Å². The molecule has 1 fully saturated rings. The van der Waals surface area contributed by atoms with Crippen molar-refractivity contribution in [3.05, 3.63) is 29.3 Å². The molecule has 1 aliphatic rings. The molecular weight excluding hydrogens is 350 g/mol. The number of carbonyl (C=O) groups is 1. The van der Waals surface area contributed by atoms with Gasteiger partial charge in [-0.2, -0.15) is 0 Å². The second kappa shape index (κ2) is 8.86. The lowest BCUT2D eigenvalue weighted by molar-refractivity contribution is -0.121. The molecule has 1 atom stereocenters. The van der Waals surface area contributed by atoms with Crippen molar-refractivity contribution >= 4 is 21.6 Å². The Morgan fingerprint density at radius 1 is 1.19 bits per heavy atom. The molecule has 1 saturated heterocycles. The van der Waals surface area contributed by atoms with E-state index in [0.29, 0.717) is 12.2 Å². The monoisotopic (exact) mass is 381 g/mol. The highest BCUT2D eigenvalue weighted by Crippen LogP contribution is 2.23. The zero-order chi connectivity index (χ0) is 19.3. The average molecular weight is 382 g/mol.